The number of aromatic amines is 1. The highest BCUT2D eigenvalue weighted by atomic mass is 16.5. The first-order valence-electron chi connectivity index (χ1n) is 5.84. The number of rotatable bonds is 2. The summed E-state index contributed by atoms with van der Waals surface area (Å²) in [5.74, 6) is 0.978. The van der Waals surface area contributed by atoms with Crippen molar-refractivity contribution < 1.29 is 9.53 Å². The number of carbonyl (C=O) groups is 1. The third-order valence-electron chi connectivity index (χ3n) is 3.38. The van der Waals surface area contributed by atoms with Crippen LogP contribution in [0.4, 0.5) is 5.95 Å². The maximum absolute atomic E-state index is 12.1. The van der Waals surface area contributed by atoms with E-state index in [-0.39, 0.29) is 30.0 Å². The zero-order valence-electron chi connectivity index (χ0n) is 10.5. The summed E-state index contributed by atoms with van der Waals surface area (Å²) in [6.45, 7) is 7.73. The summed E-state index contributed by atoms with van der Waals surface area (Å²) in [5, 5.41) is 9.29. The van der Waals surface area contributed by atoms with Crippen LogP contribution in [-0.4, -0.2) is 33.3 Å². The third-order valence-corrected chi connectivity index (χ3v) is 3.38. The third kappa shape index (κ3) is 2.31. The smallest absolute Gasteiger partial charge is 0.248 e. The highest BCUT2D eigenvalue weighted by Crippen LogP contribution is 2.32. The predicted molar refractivity (Wildman–Crippen MR) is 62.4 cm³/mol. The number of amides is 1. The number of nitrogens with one attached hydrogen (secondary N) is 2. The van der Waals surface area contributed by atoms with Crippen LogP contribution >= 0.6 is 0 Å². The minimum atomic E-state index is -0.149. The molecule has 0 aliphatic carbocycles. The van der Waals surface area contributed by atoms with Gasteiger partial charge in [-0.1, -0.05) is 6.92 Å². The van der Waals surface area contributed by atoms with E-state index in [2.05, 4.69) is 20.5 Å². The Morgan fingerprint density at radius 2 is 2.06 bits per heavy atom. The summed E-state index contributed by atoms with van der Waals surface area (Å²) in [4.78, 5) is 16.2. The Balaban J connectivity index is 2.05. The first kappa shape index (κ1) is 12.0. The number of H-pyrrole nitrogens is 1. The van der Waals surface area contributed by atoms with Gasteiger partial charge in [0, 0.05) is 0 Å². The molecule has 0 saturated carbocycles. The van der Waals surface area contributed by atoms with E-state index in [4.69, 9.17) is 4.74 Å². The molecule has 4 atom stereocenters. The average molecular weight is 238 g/mol. The van der Waals surface area contributed by atoms with E-state index >= 15 is 0 Å². The Kier molecular flexibility index (Phi) is 3.15. The summed E-state index contributed by atoms with van der Waals surface area (Å²) in [6.07, 6.45) is 0.0367. The molecule has 0 bridgehead atoms. The molecule has 1 aromatic heterocycles. The lowest BCUT2D eigenvalue weighted by atomic mass is 9.89. The Hall–Kier alpha value is -1.43. The van der Waals surface area contributed by atoms with Crippen LogP contribution in [0, 0.1) is 18.8 Å². The van der Waals surface area contributed by atoms with Crippen LogP contribution in [0.15, 0.2) is 0 Å². The number of hydrogen-bond donors (Lipinski definition) is 2. The van der Waals surface area contributed by atoms with Crippen molar-refractivity contribution in [2.75, 3.05) is 5.32 Å². The van der Waals surface area contributed by atoms with E-state index < -0.39 is 0 Å². The van der Waals surface area contributed by atoms with Crippen LogP contribution in [0.3, 0.4) is 0 Å². The number of ether oxygens (including phenoxy) is 1. The van der Waals surface area contributed by atoms with Crippen molar-refractivity contribution in [1.82, 2.24) is 15.2 Å². The van der Waals surface area contributed by atoms with Gasteiger partial charge in [-0.3, -0.25) is 15.2 Å². The van der Waals surface area contributed by atoms with Crippen LogP contribution in [-0.2, 0) is 9.53 Å². The van der Waals surface area contributed by atoms with Crippen molar-refractivity contribution in [2.45, 2.75) is 39.9 Å². The van der Waals surface area contributed by atoms with Crippen molar-refractivity contribution in [3.05, 3.63) is 5.82 Å². The van der Waals surface area contributed by atoms with Gasteiger partial charge in [0.15, 0.2) is 0 Å². The zero-order chi connectivity index (χ0) is 12.6. The minimum absolute atomic E-state index is 0.0694. The molecule has 2 N–H and O–H groups in total. The van der Waals surface area contributed by atoms with Gasteiger partial charge in [-0.2, -0.15) is 4.98 Å². The summed E-state index contributed by atoms with van der Waals surface area (Å²) in [7, 11) is 0. The first-order valence-corrected chi connectivity index (χ1v) is 5.84. The van der Waals surface area contributed by atoms with Crippen molar-refractivity contribution >= 4 is 11.9 Å². The molecular weight excluding hydrogens is 220 g/mol. The van der Waals surface area contributed by atoms with Gasteiger partial charge in [0.25, 0.3) is 0 Å². The van der Waals surface area contributed by atoms with Crippen LogP contribution in [0.2, 0.25) is 0 Å². The van der Waals surface area contributed by atoms with E-state index in [0.717, 1.165) is 0 Å². The molecule has 1 aromatic rings. The SMILES string of the molecule is Cc1nc(NC(=O)C2C(C)OC(C)C2C)n[nH]1. The van der Waals surface area contributed by atoms with Crippen molar-refractivity contribution in [1.29, 1.82) is 0 Å². The fraction of sp³-hybridized carbons (Fsp3) is 0.727. The Morgan fingerprint density at radius 1 is 1.35 bits per heavy atom. The lowest BCUT2D eigenvalue weighted by Gasteiger charge is -2.16. The largest absolute Gasteiger partial charge is 0.374 e. The number of aryl methyl sites for hydroxylation is 1. The minimum Gasteiger partial charge on any atom is -0.374 e. The molecular formula is C11H18N4O2. The molecule has 2 rings (SSSR count). The lowest BCUT2D eigenvalue weighted by Crippen LogP contribution is -2.32. The topological polar surface area (TPSA) is 79.9 Å². The molecule has 1 saturated heterocycles. The molecule has 0 spiro atoms. The highest BCUT2D eigenvalue weighted by molar-refractivity contribution is 5.91. The highest BCUT2D eigenvalue weighted by Gasteiger charge is 2.41. The number of aromatic nitrogens is 3. The predicted octanol–water partition coefficient (Wildman–Crippen LogP) is 1.11. The van der Waals surface area contributed by atoms with Gasteiger partial charge in [-0.05, 0) is 26.7 Å². The fourth-order valence-electron chi connectivity index (χ4n) is 2.31. The molecule has 1 aliphatic rings. The second-order valence-corrected chi connectivity index (χ2v) is 4.66. The number of nitrogens with zero attached hydrogens (tertiary/aromatic N) is 2. The fourth-order valence-corrected chi connectivity index (χ4v) is 2.31. The molecule has 0 radical (unpaired) electrons. The van der Waals surface area contributed by atoms with Gasteiger partial charge < -0.3 is 4.74 Å². The second kappa shape index (κ2) is 4.44. The monoisotopic (exact) mass is 238 g/mol. The maximum Gasteiger partial charge on any atom is 0.248 e. The van der Waals surface area contributed by atoms with Crippen LogP contribution < -0.4 is 5.32 Å². The van der Waals surface area contributed by atoms with Gasteiger partial charge in [0.1, 0.15) is 5.82 Å². The van der Waals surface area contributed by atoms with Gasteiger partial charge in [0.05, 0.1) is 18.1 Å². The molecule has 1 aliphatic heterocycles. The molecule has 6 nitrogen and oxygen atoms in total. The first-order chi connectivity index (χ1) is 7.99. The number of hydrogen-bond acceptors (Lipinski definition) is 4. The van der Waals surface area contributed by atoms with Crippen LogP contribution in [0.5, 0.6) is 0 Å². The second-order valence-electron chi connectivity index (χ2n) is 4.66. The average Bonchev–Trinajstić information content (AvgIpc) is 2.73. The molecule has 6 heteroatoms. The summed E-state index contributed by atoms with van der Waals surface area (Å²) in [5.41, 5.74) is 0. The van der Waals surface area contributed by atoms with E-state index in [9.17, 15) is 4.79 Å². The van der Waals surface area contributed by atoms with Crippen molar-refractivity contribution in [2.24, 2.45) is 11.8 Å². The van der Waals surface area contributed by atoms with Gasteiger partial charge >= 0.3 is 0 Å². The quantitative estimate of drug-likeness (QED) is 0.809. The Bertz CT molecular complexity index is 417. The van der Waals surface area contributed by atoms with Gasteiger partial charge in [0.2, 0.25) is 11.9 Å². The molecule has 2 heterocycles. The van der Waals surface area contributed by atoms with Crippen molar-refractivity contribution in [3.8, 4) is 0 Å². The molecule has 94 valence electrons. The molecule has 17 heavy (non-hydrogen) atoms. The summed E-state index contributed by atoms with van der Waals surface area (Å²) in [6, 6.07) is 0. The normalized spacial score (nSPS) is 32.7. The van der Waals surface area contributed by atoms with E-state index in [1.165, 1.54) is 0 Å². The summed E-state index contributed by atoms with van der Waals surface area (Å²) < 4.78 is 5.64. The van der Waals surface area contributed by atoms with E-state index in [0.29, 0.717) is 11.8 Å². The molecule has 1 amide bonds. The molecule has 1 fully saturated rings. The number of carbonyl (C=O) groups excluding carboxylic acids is 1. The molecule has 4 unspecified atom stereocenters. The van der Waals surface area contributed by atoms with Crippen molar-refractivity contribution in [3.63, 3.8) is 0 Å². The maximum atomic E-state index is 12.1. The zero-order valence-corrected chi connectivity index (χ0v) is 10.5. The summed E-state index contributed by atoms with van der Waals surface area (Å²) >= 11 is 0. The Labute approximate surface area is 100 Å². The van der Waals surface area contributed by atoms with Crippen LogP contribution in [0.1, 0.15) is 26.6 Å². The van der Waals surface area contributed by atoms with Gasteiger partial charge in [-0.15, -0.1) is 5.10 Å². The lowest BCUT2D eigenvalue weighted by molar-refractivity contribution is -0.122. The Morgan fingerprint density at radius 3 is 2.53 bits per heavy atom. The number of anilines is 1. The van der Waals surface area contributed by atoms with E-state index in [1.807, 2.05) is 20.8 Å². The van der Waals surface area contributed by atoms with Crippen LogP contribution in [0.25, 0.3) is 0 Å². The molecule has 0 aromatic carbocycles. The van der Waals surface area contributed by atoms with E-state index in [1.54, 1.807) is 6.92 Å². The van der Waals surface area contributed by atoms with Gasteiger partial charge in [-0.25, -0.2) is 0 Å². The standard InChI is InChI=1S/C11H18N4O2/c1-5-6(2)17-7(3)9(5)10(16)13-11-12-8(4)14-15-11/h5-7,9H,1-4H3,(H2,12,13,14,15,16).